The third-order valence-corrected chi connectivity index (χ3v) is 3.33. The molecule has 0 fully saturated rings. The number of hydrogen-bond acceptors (Lipinski definition) is 2. The first-order chi connectivity index (χ1) is 9.42. The van der Waals surface area contributed by atoms with Gasteiger partial charge in [0.2, 0.25) is 0 Å². The summed E-state index contributed by atoms with van der Waals surface area (Å²) >= 11 is 11.7. The zero-order valence-electron chi connectivity index (χ0n) is 10.6. The quantitative estimate of drug-likeness (QED) is 0.905. The van der Waals surface area contributed by atoms with E-state index in [-0.39, 0.29) is 15.7 Å². The van der Waals surface area contributed by atoms with Crippen molar-refractivity contribution in [1.29, 1.82) is 0 Å². The molecule has 1 amide bonds. The summed E-state index contributed by atoms with van der Waals surface area (Å²) in [6.07, 6.45) is 1.66. The fourth-order valence-corrected chi connectivity index (χ4v) is 2.38. The number of nitrogens with one attached hydrogen (secondary N) is 1. The van der Waals surface area contributed by atoms with Gasteiger partial charge >= 0.3 is 0 Å². The van der Waals surface area contributed by atoms with Gasteiger partial charge in [-0.25, -0.2) is 4.39 Å². The molecule has 20 heavy (non-hydrogen) atoms. The summed E-state index contributed by atoms with van der Waals surface area (Å²) in [6.45, 7) is 2.47. The van der Waals surface area contributed by atoms with Crippen LogP contribution in [0.1, 0.15) is 17.4 Å². The molecule has 0 spiro atoms. The van der Waals surface area contributed by atoms with Gasteiger partial charge in [-0.15, -0.1) is 0 Å². The maximum absolute atomic E-state index is 13.1. The average Bonchev–Trinajstić information content (AvgIpc) is 2.75. The highest BCUT2D eigenvalue weighted by molar-refractivity contribution is 6.40. The molecule has 0 aliphatic rings. The molecule has 0 radical (unpaired) electrons. The van der Waals surface area contributed by atoms with E-state index >= 15 is 0 Å². The number of nitrogens with zero attached hydrogens (tertiary/aromatic N) is 1. The monoisotopic (exact) mass is 315 g/mol. The van der Waals surface area contributed by atoms with Crippen LogP contribution in [0.4, 0.5) is 15.8 Å². The predicted octanol–water partition coefficient (Wildman–Crippen LogP) is 3.79. The number of aryl methyl sites for hydroxylation is 1. The third-order valence-electron chi connectivity index (χ3n) is 2.74. The van der Waals surface area contributed by atoms with Crippen LogP contribution in [-0.4, -0.2) is 10.5 Å². The van der Waals surface area contributed by atoms with Gasteiger partial charge in [0, 0.05) is 12.7 Å². The predicted molar refractivity (Wildman–Crippen MR) is 78.9 cm³/mol. The van der Waals surface area contributed by atoms with E-state index in [1.54, 1.807) is 16.8 Å². The summed E-state index contributed by atoms with van der Waals surface area (Å²) in [5.41, 5.74) is 6.69. The fraction of sp³-hybridized carbons (Fsp3) is 0.154. The molecule has 0 aliphatic carbocycles. The lowest BCUT2D eigenvalue weighted by atomic mass is 10.3. The normalized spacial score (nSPS) is 10.6. The molecule has 3 N–H and O–H groups in total. The number of nitrogens with two attached hydrogens (primary N) is 1. The standard InChI is InChI=1S/C13H12Cl2FN3O/c1-2-19-6-8(17)5-11(19)13(20)18-12-9(14)3-7(16)4-10(12)15/h3-6H,2,17H2,1H3,(H,18,20). The maximum atomic E-state index is 13.1. The van der Waals surface area contributed by atoms with Gasteiger partial charge in [-0.05, 0) is 25.1 Å². The highest BCUT2D eigenvalue weighted by Gasteiger charge is 2.16. The van der Waals surface area contributed by atoms with Crippen molar-refractivity contribution in [2.24, 2.45) is 0 Å². The summed E-state index contributed by atoms with van der Waals surface area (Å²) in [6, 6.07) is 3.71. The molecule has 4 nitrogen and oxygen atoms in total. The van der Waals surface area contributed by atoms with Crippen LogP contribution in [0.25, 0.3) is 0 Å². The van der Waals surface area contributed by atoms with Crippen LogP contribution in [0.15, 0.2) is 24.4 Å². The molecule has 0 aliphatic heterocycles. The zero-order valence-corrected chi connectivity index (χ0v) is 12.1. The van der Waals surface area contributed by atoms with E-state index in [9.17, 15) is 9.18 Å². The average molecular weight is 316 g/mol. The number of aromatic nitrogens is 1. The second-order valence-electron chi connectivity index (χ2n) is 4.14. The van der Waals surface area contributed by atoms with E-state index < -0.39 is 11.7 Å². The number of rotatable bonds is 3. The van der Waals surface area contributed by atoms with Gasteiger partial charge in [-0.2, -0.15) is 0 Å². The number of amides is 1. The Kier molecular flexibility index (Phi) is 4.20. The summed E-state index contributed by atoms with van der Waals surface area (Å²) in [5, 5.41) is 2.63. The maximum Gasteiger partial charge on any atom is 0.272 e. The lowest BCUT2D eigenvalue weighted by Crippen LogP contribution is -2.17. The van der Waals surface area contributed by atoms with E-state index in [4.69, 9.17) is 28.9 Å². The molecular formula is C13H12Cl2FN3O. The van der Waals surface area contributed by atoms with Crippen LogP contribution in [0, 0.1) is 5.82 Å². The molecule has 1 aromatic carbocycles. The fourth-order valence-electron chi connectivity index (χ4n) is 1.82. The van der Waals surface area contributed by atoms with Crippen LogP contribution >= 0.6 is 23.2 Å². The number of nitrogen functional groups attached to an aromatic ring is 1. The summed E-state index contributed by atoms with van der Waals surface area (Å²) < 4.78 is 14.8. The molecule has 106 valence electrons. The minimum atomic E-state index is -0.570. The first-order valence-electron chi connectivity index (χ1n) is 5.84. The first kappa shape index (κ1) is 14.7. The Labute approximate surface area is 125 Å². The van der Waals surface area contributed by atoms with E-state index in [1.165, 1.54) is 0 Å². The van der Waals surface area contributed by atoms with Crippen molar-refractivity contribution in [1.82, 2.24) is 4.57 Å². The lowest BCUT2D eigenvalue weighted by molar-refractivity contribution is 0.101. The lowest BCUT2D eigenvalue weighted by Gasteiger charge is -2.10. The minimum Gasteiger partial charge on any atom is -0.397 e. The van der Waals surface area contributed by atoms with E-state index in [2.05, 4.69) is 5.32 Å². The number of benzene rings is 1. The van der Waals surface area contributed by atoms with E-state index in [0.717, 1.165) is 12.1 Å². The van der Waals surface area contributed by atoms with E-state index in [0.29, 0.717) is 17.9 Å². The number of carbonyl (C=O) groups is 1. The Hall–Kier alpha value is -1.72. The molecule has 0 bridgehead atoms. The second-order valence-corrected chi connectivity index (χ2v) is 4.96. The van der Waals surface area contributed by atoms with Crippen molar-refractivity contribution in [2.75, 3.05) is 11.1 Å². The van der Waals surface area contributed by atoms with Crippen molar-refractivity contribution in [3.8, 4) is 0 Å². The van der Waals surface area contributed by atoms with E-state index in [1.807, 2.05) is 6.92 Å². The molecule has 2 aromatic rings. The molecular weight excluding hydrogens is 304 g/mol. The Morgan fingerprint density at radius 2 is 1.95 bits per heavy atom. The molecule has 7 heteroatoms. The molecule has 1 heterocycles. The smallest absolute Gasteiger partial charge is 0.272 e. The molecule has 0 saturated carbocycles. The van der Waals surface area contributed by atoms with Gasteiger partial charge in [0.1, 0.15) is 11.5 Å². The van der Waals surface area contributed by atoms with Crippen molar-refractivity contribution >= 4 is 40.5 Å². The Morgan fingerprint density at radius 3 is 2.50 bits per heavy atom. The highest BCUT2D eigenvalue weighted by atomic mass is 35.5. The van der Waals surface area contributed by atoms with Gasteiger partial charge < -0.3 is 15.6 Å². The molecule has 1 aromatic heterocycles. The van der Waals surface area contributed by atoms with Crippen LogP contribution in [-0.2, 0) is 6.54 Å². The largest absolute Gasteiger partial charge is 0.397 e. The van der Waals surface area contributed by atoms with Gasteiger partial charge in [0.05, 0.1) is 21.4 Å². The Balaban J connectivity index is 2.32. The molecule has 2 rings (SSSR count). The number of anilines is 2. The van der Waals surface area contributed by atoms with Crippen LogP contribution in [0.2, 0.25) is 10.0 Å². The van der Waals surface area contributed by atoms with Gasteiger partial charge in [-0.3, -0.25) is 4.79 Å². The van der Waals surface area contributed by atoms with Crippen LogP contribution in [0.5, 0.6) is 0 Å². The SMILES string of the molecule is CCn1cc(N)cc1C(=O)Nc1c(Cl)cc(F)cc1Cl. The van der Waals surface area contributed by atoms with Gasteiger partial charge in [0.25, 0.3) is 5.91 Å². The second kappa shape index (κ2) is 5.73. The van der Waals surface area contributed by atoms with Crippen molar-refractivity contribution in [2.45, 2.75) is 13.5 Å². The Bertz CT molecular complexity index is 647. The number of hydrogen-bond donors (Lipinski definition) is 2. The molecule has 0 saturated heterocycles. The van der Waals surface area contributed by atoms with Crippen LogP contribution in [0.3, 0.4) is 0 Å². The Morgan fingerprint density at radius 1 is 1.35 bits per heavy atom. The molecule has 0 atom stereocenters. The minimum absolute atomic E-state index is 0.0333. The van der Waals surface area contributed by atoms with Crippen molar-refractivity contribution in [3.05, 3.63) is 46.0 Å². The first-order valence-corrected chi connectivity index (χ1v) is 6.59. The number of halogens is 3. The van der Waals surface area contributed by atoms with Crippen molar-refractivity contribution in [3.63, 3.8) is 0 Å². The van der Waals surface area contributed by atoms with Crippen molar-refractivity contribution < 1.29 is 9.18 Å². The summed E-state index contributed by atoms with van der Waals surface area (Å²) in [4.78, 5) is 12.2. The van der Waals surface area contributed by atoms with Gasteiger partial charge in [0.15, 0.2) is 0 Å². The number of carbonyl (C=O) groups excluding carboxylic acids is 1. The summed E-state index contributed by atoms with van der Waals surface area (Å²) in [7, 11) is 0. The topological polar surface area (TPSA) is 60.0 Å². The third kappa shape index (κ3) is 2.89. The zero-order chi connectivity index (χ0) is 14.9. The highest BCUT2D eigenvalue weighted by Crippen LogP contribution is 2.31. The van der Waals surface area contributed by atoms with Crippen LogP contribution < -0.4 is 11.1 Å². The summed E-state index contributed by atoms with van der Waals surface area (Å²) in [5.74, 6) is -0.988. The van der Waals surface area contributed by atoms with Gasteiger partial charge in [-0.1, -0.05) is 23.2 Å². The molecule has 0 unspecified atom stereocenters.